The predicted octanol–water partition coefficient (Wildman–Crippen LogP) is 3.03. The zero-order valence-electron chi connectivity index (χ0n) is 12.9. The quantitative estimate of drug-likeness (QED) is 0.811. The highest BCUT2D eigenvalue weighted by molar-refractivity contribution is 5.82. The molecule has 3 nitrogen and oxygen atoms in total. The van der Waals surface area contributed by atoms with Crippen molar-refractivity contribution >= 4 is 5.97 Å². The highest BCUT2D eigenvalue weighted by Gasteiger charge is 2.40. The molecular formula is C17H25NO2. The lowest BCUT2D eigenvalue weighted by Crippen LogP contribution is -2.48. The Morgan fingerprint density at radius 3 is 2.40 bits per heavy atom. The molecule has 0 bridgehead atoms. The lowest BCUT2D eigenvalue weighted by molar-refractivity contribution is -0.148. The summed E-state index contributed by atoms with van der Waals surface area (Å²) >= 11 is 0. The van der Waals surface area contributed by atoms with Crippen LogP contribution in [0.1, 0.15) is 44.7 Å². The highest BCUT2D eigenvalue weighted by Crippen LogP contribution is 2.30. The van der Waals surface area contributed by atoms with Crippen LogP contribution in [-0.4, -0.2) is 19.1 Å². The number of hydrogen-bond acceptors (Lipinski definition) is 3. The van der Waals surface area contributed by atoms with Crippen molar-refractivity contribution < 1.29 is 9.53 Å². The smallest absolute Gasteiger partial charge is 0.330 e. The summed E-state index contributed by atoms with van der Waals surface area (Å²) < 4.78 is 4.99. The molecule has 1 aliphatic rings. The standard InChI is InChI=1S/C17H25NO2/c1-12(2)11-13-5-7-14(8-6-13)17(3,16(19)20-4)18-15-9-10-15/h5-8,12,15,18H,9-11H2,1-4H3. The second-order valence-electron chi connectivity index (χ2n) is 6.33. The highest BCUT2D eigenvalue weighted by atomic mass is 16.5. The van der Waals surface area contributed by atoms with Gasteiger partial charge in [-0.15, -0.1) is 0 Å². The molecule has 0 spiro atoms. The Morgan fingerprint density at radius 2 is 1.95 bits per heavy atom. The van der Waals surface area contributed by atoms with Crippen LogP contribution in [0.2, 0.25) is 0 Å². The van der Waals surface area contributed by atoms with Crippen molar-refractivity contribution in [2.45, 2.75) is 51.6 Å². The third kappa shape index (κ3) is 3.40. The van der Waals surface area contributed by atoms with Crippen molar-refractivity contribution in [3.05, 3.63) is 35.4 Å². The predicted molar refractivity (Wildman–Crippen MR) is 80.5 cm³/mol. The van der Waals surface area contributed by atoms with Gasteiger partial charge >= 0.3 is 5.97 Å². The molecule has 0 aliphatic heterocycles. The van der Waals surface area contributed by atoms with Crippen LogP contribution < -0.4 is 5.32 Å². The summed E-state index contributed by atoms with van der Waals surface area (Å²) in [5.41, 5.74) is 1.54. The summed E-state index contributed by atoms with van der Waals surface area (Å²) in [5.74, 6) is 0.415. The van der Waals surface area contributed by atoms with Crippen LogP contribution in [0, 0.1) is 5.92 Å². The first-order chi connectivity index (χ1) is 9.45. The van der Waals surface area contributed by atoms with Crippen molar-refractivity contribution in [1.82, 2.24) is 5.32 Å². The summed E-state index contributed by atoms with van der Waals surface area (Å²) in [6, 6.07) is 8.76. The molecule has 3 heteroatoms. The van der Waals surface area contributed by atoms with Gasteiger partial charge in [-0.2, -0.15) is 0 Å². The first-order valence-electron chi connectivity index (χ1n) is 7.41. The molecule has 1 aliphatic carbocycles. The molecule has 0 amide bonds. The van der Waals surface area contributed by atoms with Gasteiger partial charge in [0.25, 0.3) is 0 Å². The normalized spacial score (nSPS) is 17.9. The van der Waals surface area contributed by atoms with E-state index in [1.807, 2.05) is 19.1 Å². The van der Waals surface area contributed by atoms with E-state index in [4.69, 9.17) is 4.74 Å². The van der Waals surface area contributed by atoms with Crippen LogP contribution in [0.4, 0.5) is 0 Å². The van der Waals surface area contributed by atoms with Gasteiger partial charge in [0.05, 0.1) is 7.11 Å². The molecular weight excluding hydrogens is 250 g/mol. The molecule has 110 valence electrons. The molecule has 2 rings (SSSR count). The Balaban J connectivity index is 2.21. The molecule has 1 N–H and O–H groups in total. The Kier molecular flexibility index (Phi) is 4.48. The number of benzene rings is 1. The summed E-state index contributed by atoms with van der Waals surface area (Å²) in [6.45, 7) is 6.33. The van der Waals surface area contributed by atoms with Gasteiger partial charge < -0.3 is 4.74 Å². The van der Waals surface area contributed by atoms with Crippen LogP contribution in [0.25, 0.3) is 0 Å². The molecule has 0 heterocycles. The maximum Gasteiger partial charge on any atom is 0.330 e. The maximum atomic E-state index is 12.2. The minimum Gasteiger partial charge on any atom is -0.467 e. The monoisotopic (exact) mass is 275 g/mol. The third-order valence-electron chi connectivity index (χ3n) is 3.84. The molecule has 1 unspecified atom stereocenters. The number of carbonyl (C=O) groups excluding carboxylic acids is 1. The van der Waals surface area contributed by atoms with E-state index >= 15 is 0 Å². The van der Waals surface area contributed by atoms with E-state index < -0.39 is 5.54 Å². The van der Waals surface area contributed by atoms with E-state index in [2.05, 4.69) is 31.3 Å². The summed E-state index contributed by atoms with van der Waals surface area (Å²) in [4.78, 5) is 12.2. The Labute approximate surface area is 121 Å². The molecule has 20 heavy (non-hydrogen) atoms. The van der Waals surface area contributed by atoms with E-state index in [-0.39, 0.29) is 5.97 Å². The largest absolute Gasteiger partial charge is 0.467 e. The molecule has 1 atom stereocenters. The second-order valence-corrected chi connectivity index (χ2v) is 6.33. The molecule has 0 saturated heterocycles. The van der Waals surface area contributed by atoms with Gasteiger partial charge in [0, 0.05) is 6.04 Å². The van der Waals surface area contributed by atoms with Crippen LogP contribution >= 0.6 is 0 Å². The number of ether oxygens (including phenoxy) is 1. The van der Waals surface area contributed by atoms with Gasteiger partial charge in [-0.25, -0.2) is 4.79 Å². The summed E-state index contributed by atoms with van der Waals surface area (Å²) in [7, 11) is 1.45. The number of carbonyl (C=O) groups is 1. The Hall–Kier alpha value is -1.35. The fraction of sp³-hybridized carbons (Fsp3) is 0.588. The molecule has 0 aromatic heterocycles. The number of hydrogen-bond donors (Lipinski definition) is 1. The van der Waals surface area contributed by atoms with Crippen LogP contribution in [0.3, 0.4) is 0 Å². The van der Waals surface area contributed by atoms with E-state index in [0.29, 0.717) is 12.0 Å². The van der Waals surface area contributed by atoms with E-state index in [1.54, 1.807) is 0 Å². The lowest BCUT2D eigenvalue weighted by atomic mass is 9.90. The van der Waals surface area contributed by atoms with Crippen LogP contribution in [0.15, 0.2) is 24.3 Å². The zero-order valence-corrected chi connectivity index (χ0v) is 12.9. The van der Waals surface area contributed by atoms with Gasteiger partial charge in [0.2, 0.25) is 0 Å². The number of esters is 1. The summed E-state index contributed by atoms with van der Waals surface area (Å²) in [6.07, 6.45) is 3.33. The Bertz CT molecular complexity index is 462. The van der Waals surface area contributed by atoms with E-state index in [9.17, 15) is 4.79 Å². The number of methoxy groups -OCH3 is 1. The average Bonchev–Trinajstić information content (AvgIpc) is 3.21. The molecule has 1 aromatic carbocycles. The van der Waals surface area contributed by atoms with E-state index in [0.717, 1.165) is 24.8 Å². The topological polar surface area (TPSA) is 38.3 Å². The van der Waals surface area contributed by atoms with Crippen molar-refractivity contribution in [1.29, 1.82) is 0 Å². The minimum absolute atomic E-state index is 0.221. The Morgan fingerprint density at radius 1 is 1.35 bits per heavy atom. The lowest BCUT2D eigenvalue weighted by Gasteiger charge is -2.29. The molecule has 0 radical (unpaired) electrons. The van der Waals surface area contributed by atoms with Gasteiger partial charge in [-0.05, 0) is 43.2 Å². The third-order valence-corrected chi connectivity index (χ3v) is 3.84. The van der Waals surface area contributed by atoms with Crippen molar-refractivity contribution in [3.63, 3.8) is 0 Å². The first kappa shape index (κ1) is 15.0. The average molecular weight is 275 g/mol. The van der Waals surface area contributed by atoms with E-state index in [1.165, 1.54) is 12.7 Å². The van der Waals surface area contributed by atoms with Crippen LogP contribution in [0.5, 0.6) is 0 Å². The van der Waals surface area contributed by atoms with Crippen molar-refractivity contribution in [2.24, 2.45) is 5.92 Å². The second kappa shape index (κ2) is 5.96. The molecule has 1 fully saturated rings. The fourth-order valence-corrected chi connectivity index (χ4v) is 2.55. The SMILES string of the molecule is COC(=O)C(C)(NC1CC1)c1ccc(CC(C)C)cc1. The van der Waals surface area contributed by atoms with Crippen LogP contribution in [-0.2, 0) is 21.5 Å². The van der Waals surface area contributed by atoms with Gasteiger partial charge in [0.1, 0.15) is 5.54 Å². The van der Waals surface area contributed by atoms with Crippen molar-refractivity contribution in [3.8, 4) is 0 Å². The molecule has 1 saturated carbocycles. The minimum atomic E-state index is -0.744. The fourth-order valence-electron chi connectivity index (χ4n) is 2.55. The molecule has 1 aromatic rings. The number of rotatable bonds is 6. The zero-order chi connectivity index (χ0) is 14.8. The first-order valence-corrected chi connectivity index (χ1v) is 7.41. The number of nitrogens with one attached hydrogen (secondary N) is 1. The maximum absolute atomic E-state index is 12.2. The van der Waals surface area contributed by atoms with Crippen molar-refractivity contribution in [2.75, 3.05) is 7.11 Å². The summed E-state index contributed by atoms with van der Waals surface area (Å²) in [5, 5.41) is 3.42. The van der Waals surface area contributed by atoms with Gasteiger partial charge in [-0.3, -0.25) is 5.32 Å². The van der Waals surface area contributed by atoms with Gasteiger partial charge in [0.15, 0.2) is 0 Å². The van der Waals surface area contributed by atoms with Gasteiger partial charge in [-0.1, -0.05) is 38.1 Å².